The number of hydrogen-bond donors (Lipinski definition) is 7. The van der Waals surface area contributed by atoms with E-state index in [1.165, 1.54) is 25.3 Å². The van der Waals surface area contributed by atoms with Crippen molar-refractivity contribution in [3.05, 3.63) is 57.2 Å². The van der Waals surface area contributed by atoms with Gasteiger partial charge in [-0.3, -0.25) is 19.1 Å². The fourth-order valence-electron chi connectivity index (χ4n) is 5.51. The molecule has 13 nitrogen and oxygen atoms in total. The predicted molar refractivity (Wildman–Crippen MR) is 156 cm³/mol. The highest BCUT2D eigenvalue weighted by molar-refractivity contribution is 5.88. The lowest BCUT2D eigenvalue weighted by atomic mass is 9.91. The molecule has 1 aromatic heterocycles. The third-order valence-corrected chi connectivity index (χ3v) is 8.25. The van der Waals surface area contributed by atoms with E-state index in [4.69, 9.17) is 9.47 Å². The molecule has 0 bridgehead atoms. The second kappa shape index (κ2) is 16.3. The first-order valence-corrected chi connectivity index (χ1v) is 15.1. The van der Waals surface area contributed by atoms with Crippen LogP contribution in [0.4, 0.5) is 0 Å². The van der Waals surface area contributed by atoms with E-state index in [-0.39, 0.29) is 12.1 Å². The molecule has 13 heteroatoms. The van der Waals surface area contributed by atoms with E-state index in [1.807, 2.05) is 4.98 Å². The molecule has 1 amide bonds. The number of aromatic amines is 1. The molecule has 10 atom stereocenters. The molecule has 43 heavy (non-hydrogen) atoms. The normalized spacial score (nSPS) is 29.6. The summed E-state index contributed by atoms with van der Waals surface area (Å²) in [7, 11) is 0. The maximum atomic E-state index is 12.3. The molecule has 0 radical (unpaired) electrons. The number of rotatable bonds is 15. The van der Waals surface area contributed by atoms with Crippen molar-refractivity contribution in [1.29, 1.82) is 0 Å². The van der Waals surface area contributed by atoms with Crippen LogP contribution >= 0.6 is 0 Å². The molecule has 1 aromatic rings. The number of nitrogens with one attached hydrogen (secondary N) is 2. The summed E-state index contributed by atoms with van der Waals surface area (Å²) in [5, 5.41) is 55.2. The van der Waals surface area contributed by atoms with Crippen LogP contribution in [0.1, 0.15) is 78.4 Å². The molecule has 0 aromatic carbocycles. The maximum Gasteiger partial charge on any atom is 0.330 e. The SMILES string of the molecule is CCC(C)CC(C)CCCCC/C=C/C(=O)NC1=COC(CC(O)C2OC(n3ccc(=O)[nH]c3=O)C(O)C2O)C(O)C1O. The molecule has 3 rings (SSSR count). The minimum atomic E-state index is -1.61. The van der Waals surface area contributed by atoms with Crippen LogP contribution in [-0.4, -0.2) is 83.7 Å². The summed E-state index contributed by atoms with van der Waals surface area (Å²) < 4.78 is 11.9. The first kappa shape index (κ1) is 34.7. The lowest BCUT2D eigenvalue weighted by molar-refractivity contribution is -0.125. The van der Waals surface area contributed by atoms with Crippen molar-refractivity contribution in [2.24, 2.45) is 11.8 Å². The van der Waals surface area contributed by atoms with Gasteiger partial charge in [-0.05, 0) is 37.2 Å². The smallest absolute Gasteiger partial charge is 0.330 e. The van der Waals surface area contributed by atoms with Crippen LogP contribution in [-0.2, 0) is 14.3 Å². The Balaban J connectivity index is 1.44. The Morgan fingerprint density at radius 3 is 2.53 bits per heavy atom. The first-order valence-electron chi connectivity index (χ1n) is 15.1. The summed E-state index contributed by atoms with van der Waals surface area (Å²) in [6.45, 7) is 6.80. The van der Waals surface area contributed by atoms with Crippen LogP contribution < -0.4 is 16.6 Å². The highest BCUT2D eigenvalue weighted by atomic mass is 16.6. The van der Waals surface area contributed by atoms with Crippen molar-refractivity contribution < 1.29 is 39.8 Å². The van der Waals surface area contributed by atoms with Crippen LogP contribution in [0.2, 0.25) is 0 Å². The zero-order chi connectivity index (χ0) is 31.7. The van der Waals surface area contributed by atoms with Gasteiger partial charge in [-0.15, -0.1) is 0 Å². The molecule has 0 aliphatic carbocycles. The van der Waals surface area contributed by atoms with Gasteiger partial charge in [-0.2, -0.15) is 0 Å². The number of unbranched alkanes of at least 4 members (excludes halogenated alkanes) is 3. The highest BCUT2D eigenvalue weighted by Crippen LogP contribution is 2.32. The van der Waals surface area contributed by atoms with Gasteiger partial charge in [0.2, 0.25) is 5.91 Å². The van der Waals surface area contributed by atoms with Gasteiger partial charge >= 0.3 is 5.69 Å². The fraction of sp³-hybridized carbons (Fsp3) is 0.700. The summed E-state index contributed by atoms with van der Waals surface area (Å²) in [6.07, 6.45) is 0.930. The molecule has 3 heterocycles. The number of aromatic nitrogens is 2. The Morgan fingerprint density at radius 1 is 1.09 bits per heavy atom. The zero-order valence-corrected chi connectivity index (χ0v) is 25.0. The van der Waals surface area contributed by atoms with Gasteiger partial charge in [0.25, 0.3) is 5.56 Å². The summed E-state index contributed by atoms with van der Waals surface area (Å²) in [5.41, 5.74) is -1.58. The van der Waals surface area contributed by atoms with Gasteiger partial charge in [-0.1, -0.05) is 52.5 Å². The summed E-state index contributed by atoms with van der Waals surface area (Å²) >= 11 is 0. The lowest BCUT2D eigenvalue weighted by Gasteiger charge is -2.34. The van der Waals surface area contributed by atoms with Crippen molar-refractivity contribution in [3.63, 3.8) is 0 Å². The summed E-state index contributed by atoms with van der Waals surface area (Å²) in [6, 6.07) is 1.04. The highest BCUT2D eigenvalue weighted by Gasteiger charge is 2.48. The number of aliphatic hydroxyl groups excluding tert-OH is 5. The molecule has 0 spiro atoms. The van der Waals surface area contributed by atoms with E-state index in [1.54, 1.807) is 6.08 Å². The molecular weight excluding hydrogens is 562 g/mol. The molecule has 242 valence electrons. The number of allylic oxidation sites excluding steroid dienone is 1. The number of H-pyrrole nitrogens is 1. The van der Waals surface area contributed by atoms with Crippen molar-refractivity contribution in [2.75, 3.05) is 0 Å². The van der Waals surface area contributed by atoms with Crippen molar-refractivity contribution >= 4 is 5.91 Å². The number of nitrogens with zero attached hydrogens (tertiary/aromatic N) is 1. The van der Waals surface area contributed by atoms with E-state index < -0.39 is 66.1 Å². The Kier molecular flexibility index (Phi) is 13.2. The van der Waals surface area contributed by atoms with Crippen LogP contribution in [0.5, 0.6) is 0 Å². The topological polar surface area (TPSA) is 204 Å². The average Bonchev–Trinajstić information content (AvgIpc) is 3.25. The fourth-order valence-corrected chi connectivity index (χ4v) is 5.51. The lowest BCUT2D eigenvalue weighted by Crippen LogP contribution is -2.49. The van der Waals surface area contributed by atoms with Crippen LogP contribution in [0.3, 0.4) is 0 Å². The Bertz CT molecular complexity index is 1210. The number of amides is 1. The Morgan fingerprint density at radius 2 is 1.84 bits per heavy atom. The maximum absolute atomic E-state index is 12.3. The number of hydrogen-bond acceptors (Lipinski definition) is 10. The molecule has 0 saturated carbocycles. The molecule has 7 N–H and O–H groups in total. The van der Waals surface area contributed by atoms with E-state index in [9.17, 15) is 39.9 Å². The van der Waals surface area contributed by atoms with Crippen molar-refractivity contribution in [2.45, 2.75) is 121 Å². The minimum Gasteiger partial charge on any atom is -0.493 e. The molecule has 1 fully saturated rings. The van der Waals surface area contributed by atoms with Gasteiger partial charge in [0.15, 0.2) is 6.23 Å². The van der Waals surface area contributed by atoms with Crippen LogP contribution in [0.25, 0.3) is 0 Å². The minimum absolute atomic E-state index is 0.0479. The van der Waals surface area contributed by atoms with Gasteiger partial charge in [-0.25, -0.2) is 4.79 Å². The van der Waals surface area contributed by atoms with Gasteiger partial charge in [0.1, 0.15) is 42.9 Å². The Labute approximate surface area is 250 Å². The second-order valence-electron chi connectivity index (χ2n) is 11.9. The zero-order valence-electron chi connectivity index (χ0n) is 25.0. The van der Waals surface area contributed by atoms with E-state index in [0.717, 1.165) is 60.6 Å². The monoisotopic (exact) mass is 609 g/mol. The molecular formula is C30H47N3O10. The number of carbonyl (C=O) groups excluding carboxylic acids is 1. The largest absolute Gasteiger partial charge is 0.493 e. The second-order valence-corrected chi connectivity index (χ2v) is 11.9. The standard InChI is InChI=1S/C30H47N3O10/c1-4-17(2)14-18(3)10-8-6-5-7-9-11-22(35)31-19-16-42-21(25(38)24(19)37)15-20(34)28-26(39)27(40)29(43-28)33-13-12-23(36)32-30(33)41/h9,11-13,16-18,20-21,24-29,34,37-40H,4-8,10,14-15H2,1-3H3,(H,31,35)(H,32,36,41)/b11-9+. The van der Waals surface area contributed by atoms with Gasteiger partial charge in [0.05, 0.1) is 11.8 Å². The van der Waals surface area contributed by atoms with E-state index in [0.29, 0.717) is 0 Å². The third kappa shape index (κ3) is 9.59. The van der Waals surface area contributed by atoms with Crippen LogP contribution in [0, 0.1) is 11.8 Å². The van der Waals surface area contributed by atoms with Gasteiger partial charge in [0, 0.05) is 18.7 Å². The van der Waals surface area contributed by atoms with E-state index in [2.05, 4.69) is 26.1 Å². The van der Waals surface area contributed by atoms with Crippen molar-refractivity contribution in [1.82, 2.24) is 14.9 Å². The summed E-state index contributed by atoms with van der Waals surface area (Å²) in [5.74, 6) is 0.990. The molecule has 1 saturated heterocycles. The van der Waals surface area contributed by atoms with Gasteiger partial charge < -0.3 is 40.3 Å². The predicted octanol–water partition coefficient (Wildman–Crippen LogP) is 0.564. The molecule has 2 aliphatic rings. The average molecular weight is 610 g/mol. The van der Waals surface area contributed by atoms with Crippen LogP contribution in [0.15, 0.2) is 46.0 Å². The molecule has 10 unspecified atom stereocenters. The van der Waals surface area contributed by atoms with E-state index >= 15 is 0 Å². The number of aliphatic hydroxyl groups is 5. The van der Waals surface area contributed by atoms with Crippen molar-refractivity contribution in [3.8, 4) is 0 Å². The Hall–Kier alpha value is -2.81. The third-order valence-electron chi connectivity index (χ3n) is 8.25. The summed E-state index contributed by atoms with van der Waals surface area (Å²) in [4.78, 5) is 37.7. The quantitative estimate of drug-likeness (QED) is 0.109. The molecule has 2 aliphatic heterocycles. The number of ether oxygens (including phenoxy) is 2. The first-order chi connectivity index (χ1) is 20.4. The number of carbonyl (C=O) groups is 1.